The number of rotatable bonds is 4. The molecule has 4 nitrogen and oxygen atoms in total. The quantitative estimate of drug-likeness (QED) is 0.798. The molecular weight excluding hydrogens is 325 g/mol. The van der Waals surface area contributed by atoms with Crippen molar-refractivity contribution in [3.05, 3.63) is 54.5 Å². The third-order valence-electron chi connectivity index (χ3n) is 4.02. The molecule has 2 aromatic rings. The van der Waals surface area contributed by atoms with Crippen LogP contribution >= 0.6 is 11.8 Å². The molecule has 0 saturated carbocycles. The normalized spacial score (nSPS) is 15.2. The number of benzene rings is 1. The maximum Gasteiger partial charge on any atom is 0.233 e. The molecule has 0 aliphatic carbocycles. The Hall–Kier alpha value is -2.08. The van der Waals surface area contributed by atoms with Crippen molar-refractivity contribution in [3.8, 4) is 0 Å². The Morgan fingerprint density at radius 1 is 1.08 bits per heavy atom. The number of carbonyl (C=O) groups is 1. The number of aromatic nitrogens is 1. The zero-order valence-corrected chi connectivity index (χ0v) is 14.2. The Morgan fingerprint density at radius 2 is 1.92 bits per heavy atom. The van der Waals surface area contributed by atoms with Crippen LogP contribution in [0.15, 0.2) is 53.7 Å². The van der Waals surface area contributed by atoms with Gasteiger partial charge >= 0.3 is 0 Å². The molecule has 126 valence electrons. The van der Waals surface area contributed by atoms with Crippen LogP contribution in [0.4, 0.5) is 10.1 Å². The lowest BCUT2D eigenvalue weighted by atomic mass is 10.2. The van der Waals surface area contributed by atoms with Gasteiger partial charge in [-0.05, 0) is 42.8 Å². The van der Waals surface area contributed by atoms with E-state index in [4.69, 9.17) is 0 Å². The summed E-state index contributed by atoms with van der Waals surface area (Å²) in [5, 5.41) is 0.869. The van der Waals surface area contributed by atoms with E-state index in [2.05, 4.69) is 9.88 Å². The van der Waals surface area contributed by atoms with Gasteiger partial charge in [0.1, 0.15) is 5.82 Å². The predicted octanol–water partition coefficient (Wildman–Crippen LogP) is 3.05. The number of hydrogen-bond acceptors (Lipinski definition) is 4. The average molecular weight is 345 g/mol. The van der Waals surface area contributed by atoms with E-state index < -0.39 is 0 Å². The standard InChI is InChI=1S/C18H20FN3OS/c19-15-5-7-16(8-6-15)21-10-3-11-22(13-12-21)18(23)14-24-17-4-1-2-9-20-17/h1-2,4-9H,3,10-14H2. The largest absolute Gasteiger partial charge is 0.370 e. The molecule has 1 amide bonds. The van der Waals surface area contributed by atoms with E-state index >= 15 is 0 Å². The summed E-state index contributed by atoms with van der Waals surface area (Å²) >= 11 is 1.47. The van der Waals surface area contributed by atoms with E-state index in [0.717, 1.165) is 36.8 Å². The van der Waals surface area contributed by atoms with Crippen LogP contribution < -0.4 is 4.90 Å². The summed E-state index contributed by atoms with van der Waals surface area (Å²) in [6.45, 7) is 3.10. The lowest BCUT2D eigenvalue weighted by Crippen LogP contribution is -2.36. The lowest BCUT2D eigenvalue weighted by molar-refractivity contribution is -0.128. The maximum atomic E-state index is 13.0. The number of anilines is 1. The number of amides is 1. The molecule has 2 heterocycles. The fraction of sp³-hybridized carbons (Fsp3) is 0.333. The van der Waals surface area contributed by atoms with Gasteiger partial charge in [0.05, 0.1) is 10.8 Å². The summed E-state index contributed by atoms with van der Waals surface area (Å²) in [5.41, 5.74) is 1.01. The van der Waals surface area contributed by atoms with Crippen molar-refractivity contribution >= 4 is 23.4 Å². The molecule has 1 saturated heterocycles. The first kappa shape index (κ1) is 16.8. The molecule has 0 spiro atoms. The number of halogens is 1. The molecule has 0 radical (unpaired) electrons. The van der Waals surface area contributed by atoms with Crippen LogP contribution in [0, 0.1) is 5.82 Å². The second-order valence-corrected chi connectivity index (χ2v) is 6.65. The first-order valence-corrected chi connectivity index (χ1v) is 9.03. The third-order valence-corrected chi connectivity index (χ3v) is 4.95. The van der Waals surface area contributed by atoms with E-state index in [1.54, 1.807) is 18.3 Å². The van der Waals surface area contributed by atoms with E-state index in [1.807, 2.05) is 23.1 Å². The fourth-order valence-corrected chi connectivity index (χ4v) is 3.50. The van der Waals surface area contributed by atoms with Crippen LogP contribution in [0.25, 0.3) is 0 Å². The van der Waals surface area contributed by atoms with Gasteiger partial charge in [0, 0.05) is 38.1 Å². The first-order valence-electron chi connectivity index (χ1n) is 8.04. The Balaban J connectivity index is 1.53. The lowest BCUT2D eigenvalue weighted by Gasteiger charge is -2.23. The van der Waals surface area contributed by atoms with E-state index in [-0.39, 0.29) is 11.7 Å². The second-order valence-electron chi connectivity index (χ2n) is 5.65. The third kappa shape index (κ3) is 4.47. The Bertz CT molecular complexity index is 666. The van der Waals surface area contributed by atoms with Gasteiger partial charge in [-0.3, -0.25) is 4.79 Å². The predicted molar refractivity (Wildman–Crippen MR) is 94.8 cm³/mol. The van der Waals surface area contributed by atoms with Gasteiger partial charge in [0.25, 0.3) is 0 Å². The van der Waals surface area contributed by atoms with Crippen LogP contribution in [-0.4, -0.2) is 47.7 Å². The van der Waals surface area contributed by atoms with Crippen LogP contribution in [-0.2, 0) is 4.79 Å². The molecule has 0 bridgehead atoms. The average Bonchev–Trinajstić information content (AvgIpc) is 2.87. The number of thioether (sulfide) groups is 1. The summed E-state index contributed by atoms with van der Waals surface area (Å²) in [6.07, 6.45) is 2.65. The van der Waals surface area contributed by atoms with Gasteiger partial charge in [0.15, 0.2) is 0 Å². The van der Waals surface area contributed by atoms with Crippen molar-refractivity contribution in [2.45, 2.75) is 11.4 Å². The maximum absolute atomic E-state index is 13.0. The van der Waals surface area contributed by atoms with Gasteiger partial charge < -0.3 is 9.80 Å². The van der Waals surface area contributed by atoms with E-state index in [1.165, 1.54) is 23.9 Å². The zero-order chi connectivity index (χ0) is 16.8. The van der Waals surface area contributed by atoms with Crippen molar-refractivity contribution in [1.29, 1.82) is 0 Å². The summed E-state index contributed by atoms with van der Waals surface area (Å²) < 4.78 is 13.0. The molecular formula is C18H20FN3OS. The van der Waals surface area contributed by atoms with Crippen molar-refractivity contribution in [1.82, 2.24) is 9.88 Å². The minimum absolute atomic E-state index is 0.145. The van der Waals surface area contributed by atoms with Crippen LogP contribution in [0.5, 0.6) is 0 Å². The highest BCUT2D eigenvalue weighted by atomic mass is 32.2. The van der Waals surface area contributed by atoms with Gasteiger partial charge in [-0.1, -0.05) is 17.8 Å². The van der Waals surface area contributed by atoms with Gasteiger partial charge in [-0.2, -0.15) is 0 Å². The molecule has 0 N–H and O–H groups in total. The Labute approximate surface area is 145 Å². The van der Waals surface area contributed by atoms with Crippen LogP contribution in [0.3, 0.4) is 0 Å². The molecule has 3 rings (SSSR count). The molecule has 0 unspecified atom stereocenters. The Morgan fingerprint density at radius 3 is 2.67 bits per heavy atom. The molecule has 0 atom stereocenters. The Kier molecular flexibility index (Phi) is 5.69. The smallest absolute Gasteiger partial charge is 0.233 e. The summed E-state index contributed by atoms with van der Waals surface area (Å²) in [7, 11) is 0. The minimum atomic E-state index is -0.225. The van der Waals surface area contributed by atoms with Gasteiger partial charge in [-0.25, -0.2) is 9.37 Å². The number of nitrogens with zero attached hydrogens (tertiary/aromatic N) is 3. The summed E-state index contributed by atoms with van der Waals surface area (Å²) in [4.78, 5) is 20.8. The van der Waals surface area contributed by atoms with E-state index in [0.29, 0.717) is 12.3 Å². The molecule has 24 heavy (non-hydrogen) atoms. The first-order chi connectivity index (χ1) is 11.7. The van der Waals surface area contributed by atoms with Gasteiger partial charge in [-0.15, -0.1) is 0 Å². The van der Waals surface area contributed by atoms with Crippen molar-refractivity contribution in [3.63, 3.8) is 0 Å². The van der Waals surface area contributed by atoms with Crippen molar-refractivity contribution in [2.24, 2.45) is 0 Å². The zero-order valence-electron chi connectivity index (χ0n) is 13.4. The van der Waals surface area contributed by atoms with Crippen LogP contribution in [0.1, 0.15) is 6.42 Å². The second kappa shape index (κ2) is 8.15. The highest BCUT2D eigenvalue weighted by Gasteiger charge is 2.19. The molecule has 6 heteroatoms. The topological polar surface area (TPSA) is 36.4 Å². The van der Waals surface area contributed by atoms with Gasteiger partial charge in [0.2, 0.25) is 5.91 Å². The number of carbonyl (C=O) groups excluding carboxylic acids is 1. The highest BCUT2D eigenvalue weighted by Crippen LogP contribution is 2.19. The SMILES string of the molecule is O=C(CSc1ccccn1)N1CCCN(c2ccc(F)cc2)CC1. The molecule has 1 fully saturated rings. The molecule has 1 aliphatic rings. The highest BCUT2D eigenvalue weighted by molar-refractivity contribution is 7.99. The molecule has 1 aliphatic heterocycles. The fourth-order valence-electron chi connectivity index (χ4n) is 2.74. The molecule has 1 aromatic heterocycles. The minimum Gasteiger partial charge on any atom is -0.370 e. The monoisotopic (exact) mass is 345 g/mol. The van der Waals surface area contributed by atoms with Crippen molar-refractivity contribution in [2.75, 3.05) is 36.8 Å². The van der Waals surface area contributed by atoms with Crippen LogP contribution in [0.2, 0.25) is 0 Å². The number of pyridine rings is 1. The summed E-state index contributed by atoms with van der Waals surface area (Å²) in [5.74, 6) is 0.330. The van der Waals surface area contributed by atoms with E-state index in [9.17, 15) is 9.18 Å². The number of hydrogen-bond donors (Lipinski definition) is 0. The van der Waals surface area contributed by atoms with Crippen molar-refractivity contribution < 1.29 is 9.18 Å². The summed E-state index contributed by atoms with van der Waals surface area (Å²) in [6, 6.07) is 12.3. The molecule has 1 aromatic carbocycles.